The fourth-order valence-corrected chi connectivity index (χ4v) is 2.47. The molecule has 3 N–H and O–H groups in total. The van der Waals surface area contributed by atoms with Gasteiger partial charge in [-0.3, -0.25) is 9.59 Å². The molecule has 7 nitrogen and oxygen atoms in total. The minimum atomic E-state index is -0.179. The Kier molecular flexibility index (Phi) is 8.98. The molecule has 0 aliphatic heterocycles. The number of benzene rings is 2. The van der Waals surface area contributed by atoms with E-state index in [4.69, 9.17) is 9.47 Å². The van der Waals surface area contributed by atoms with Crippen LogP contribution in [0.3, 0.4) is 0 Å². The van der Waals surface area contributed by atoms with Crippen molar-refractivity contribution >= 4 is 23.2 Å². The maximum atomic E-state index is 12.1. The first-order valence-corrected chi connectivity index (χ1v) is 9.73. The van der Waals surface area contributed by atoms with Crippen molar-refractivity contribution in [1.82, 2.24) is 5.32 Å². The fraction of sp³-hybridized carbons (Fsp3) is 0.364. The Bertz CT molecular complexity index is 774. The summed E-state index contributed by atoms with van der Waals surface area (Å²) in [4.78, 5) is 24.1. The van der Waals surface area contributed by atoms with Gasteiger partial charge < -0.3 is 25.4 Å². The molecule has 0 aromatic heterocycles. The van der Waals surface area contributed by atoms with Gasteiger partial charge in [-0.1, -0.05) is 0 Å². The molecule has 2 aromatic carbocycles. The maximum Gasteiger partial charge on any atom is 0.251 e. The molecule has 0 aliphatic carbocycles. The molecular weight excluding hydrogens is 370 g/mol. The highest BCUT2D eigenvalue weighted by Crippen LogP contribution is 2.15. The molecule has 0 aliphatic rings. The van der Waals surface area contributed by atoms with E-state index in [2.05, 4.69) is 16.0 Å². The predicted octanol–water partition coefficient (Wildman–Crippen LogP) is 3.29. The van der Waals surface area contributed by atoms with Gasteiger partial charge in [0.15, 0.2) is 0 Å². The Balaban J connectivity index is 1.76. The molecular formula is C22H29N3O4. The number of carbonyl (C=O) groups excluding carboxylic acids is 2. The lowest BCUT2D eigenvalue weighted by atomic mass is 10.2. The number of hydrogen-bond donors (Lipinski definition) is 3. The summed E-state index contributed by atoms with van der Waals surface area (Å²) in [5.41, 5.74) is 2.01. The standard InChI is InChI=1S/C22H29N3O4/c1-4-28-13-14-29-20-11-9-18(10-12-20)23-15-21(26)25-19-7-5-17(6-8-19)22(27)24-16(2)3/h5-12,16,23H,4,13-15H2,1-3H3,(H,24,27)(H,25,26). The largest absolute Gasteiger partial charge is 0.491 e. The molecule has 7 heteroatoms. The van der Waals surface area contributed by atoms with E-state index >= 15 is 0 Å². The molecule has 0 unspecified atom stereocenters. The molecule has 0 atom stereocenters. The minimum Gasteiger partial charge on any atom is -0.491 e. The average Bonchev–Trinajstić information content (AvgIpc) is 2.70. The first kappa shape index (κ1) is 22.2. The van der Waals surface area contributed by atoms with Gasteiger partial charge in [-0.2, -0.15) is 0 Å². The lowest BCUT2D eigenvalue weighted by Crippen LogP contribution is -2.30. The lowest BCUT2D eigenvalue weighted by molar-refractivity contribution is -0.114. The van der Waals surface area contributed by atoms with Gasteiger partial charge in [-0.05, 0) is 69.3 Å². The molecule has 0 saturated carbocycles. The van der Waals surface area contributed by atoms with Gasteiger partial charge in [-0.15, -0.1) is 0 Å². The van der Waals surface area contributed by atoms with Crippen molar-refractivity contribution in [1.29, 1.82) is 0 Å². The van der Waals surface area contributed by atoms with Gasteiger partial charge in [0.05, 0.1) is 13.2 Å². The molecule has 29 heavy (non-hydrogen) atoms. The first-order chi connectivity index (χ1) is 14.0. The van der Waals surface area contributed by atoms with Crippen molar-refractivity contribution in [2.75, 3.05) is 37.0 Å². The van der Waals surface area contributed by atoms with Crippen molar-refractivity contribution in [3.05, 3.63) is 54.1 Å². The van der Waals surface area contributed by atoms with Crippen LogP contribution in [0.2, 0.25) is 0 Å². The quantitative estimate of drug-likeness (QED) is 0.505. The highest BCUT2D eigenvalue weighted by Gasteiger charge is 2.08. The van der Waals surface area contributed by atoms with E-state index < -0.39 is 0 Å². The minimum absolute atomic E-state index is 0.0728. The van der Waals surface area contributed by atoms with Crippen LogP contribution < -0.4 is 20.7 Å². The summed E-state index contributed by atoms with van der Waals surface area (Å²) in [5, 5.41) is 8.69. The molecule has 2 aromatic rings. The van der Waals surface area contributed by atoms with Crippen LogP contribution >= 0.6 is 0 Å². The van der Waals surface area contributed by atoms with Gasteiger partial charge in [0.1, 0.15) is 12.4 Å². The van der Waals surface area contributed by atoms with E-state index in [0.29, 0.717) is 31.1 Å². The molecule has 0 radical (unpaired) electrons. The number of ether oxygens (including phenoxy) is 2. The molecule has 156 valence electrons. The van der Waals surface area contributed by atoms with Gasteiger partial charge in [0, 0.05) is 29.6 Å². The molecule has 0 spiro atoms. The van der Waals surface area contributed by atoms with Crippen molar-refractivity contribution in [3.8, 4) is 5.75 Å². The van der Waals surface area contributed by atoms with E-state index in [-0.39, 0.29) is 24.4 Å². The zero-order valence-corrected chi connectivity index (χ0v) is 17.2. The van der Waals surface area contributed by atoms with Crippen molar-refractivity contribution < 1.29 is 19.1 Å². The SMILES string of the molecule is CCOCCOc1ccc(NCC(=O)Nc2ccc(C(=O)NC(C)C)cc2)cc1. The summed E-state index contributed by atoms with van der Waals surface area (Å²) in [7, 11) is 0. The van der Waals surface area contributed by atoms with E-state index in [1.54, 1.807) is 24.3 Å². The second-order valence-electron chi connectivity index (χ2n) is 6.68. The first-order valence-electron chi connectivity index (χ1n) is 9.73. The number of hydrogen-bond acceptors (Lipinski definition) is 5. The molecule has 0 fully saturated rings. The van der Waals surface area contributed by atoms with Crippen molar-refractivity contribution in [2.24, 2.45) is 0 Å². The van der Waals surface area contributed by atoms with E-state index in [1.165, 1.54) is 0 Å². The topological polar surface area (TPSA) is 88.7 Å². The van der Waals surface area contributed by atoms with Crippen LogP contribution in [-0.4, -0.2) is 44.2 Å². The van der Waals surface area contributed by atoms with E-state index in [0.717, 1.165) is 11.4 Å². The van der Waals surface area contributed by atoms with Crippen LogP contribution in [0.4, 0.5) is 11.4 Å². The van der Waals surface area contributed by atoms with Crippen LogP contribution in [0.25, 0.3) is 0 Å². The lowest BCUT2D eigenvalue weighted by Gasteiger charge is -2.11. The van der Waals surface area contributed by atoms with Crippen LogP contribution in [0, 0.1) is 0 Å². The number of amides is 2. The zero-order chi connectivity index (χ0) is 21.1. The Morgan fingerprint density at radius 3 is 2.21 bits per heavy atom. The van der Waals surface area contributed by atoms with Crippen molar-refractivity contribution in [2.45, 2.75) is 26.8 Å². The summed E-state index contributed by atoms with van der Waals surface area (Å²) in [6.45, 7) is 7.61. The molecule has 2 amide bonds. The summed E-state index contributed by atoms with van der Waals surface area (Å²) in [6.07, 6.45) is 0. The van der Waals surface area contributed by atoms with Crippen LogP contribution in [0.5, 0.6) is 5.75 Å². The normalized spacial score (nSPS) is 10.5. The molecule has 2 rings (SSSR count). The Morgan fingerprint density at radius 2 is 1.59 bits per heavy atom. The monoisotopic (exact) mass is 399 g/mol. The number of nitrogens with one attached hydrogen (secondary N) is 3. The summed E-state index contributed by atoms with van der Waals surface area (Å²) in [5.74, 6) is 0.438. The van der Waals surface area contributed by atoms with Crippen molar-refractivity contribution in [3.63, 3.8) is 0 Å². The highest BCUT2D eigenvalue weighted by atomic mass is 16.5. The second kappa shape index (κ2) is 11.7. The highest BCUT2D eigenvalue weighted by molar-refractivity contribution is 5.96. The zero-order valence-electron chi connectivity index (χ0n) is 17.2. The third-order valence-corrected chi connectivity index (χ3v) is 3.86. The van der Waals surface area contributed by atoms with Gasteiger partial charge in [0.25, 0.3) is 5.91 Å². The summed E-state index contributed by atoms with van der Waals surface area (Å²) in [6, 6.07) is 14.2. The number of rotatable bonds is 11. The summed E-state index contributed by atoms with van der Waals surface area (Å²) >= 11 is 0. The third kappa shape index (κ3) is 8.23. The summed E-state index contributed by atoms with van der Waals surface area (Å²) < 4.78 is 10.8. The predicted molar refractivity (Wildman–Crippen MR) is 115 cm³/mol. The van der Waals surface area contributed by atoms with E-state index in [9.17, 15) is 9.59 Å². The Hall–Kier alpha value is -3.06. The third-order valence-electron chi connectivity index (χ3n) is 3.86. The molecule has 0 bridgehead atoms. The van der Waals surface area contributed by atoms with Gasteiger partial charge in [0.2, 0.25) is 5.91 Å². The Labute approximate surface area is 171 Å². The smallest absolute Gasteiger partial charge is 0.251 e. The van der Waals surface area contributed by atoms with Crippen LogP contribution in [0.15, 0.2) is 48.5 Å². The van der Waals surface area contributed by atoms with Crippen LogP contribution in [-0.2, 0) is 9.53 Å². The second-order valence-corrected chi connectivity index (χ2v) is 6.68. The van der Waals surface area contributed by atoms with Gasteiger partial charge >= 0.3 is 0 Å². The number of anilines is 2. The molecule has 0 saturated heterocycles. The van der Waals surface area contributed by atoms with Gasteiger partial charge in [-0.25, -0.2) is 0 Å². The number of carbonyl (C=O) groups is 2. The maximum absolute atomic E-state index is 12.1. The Morgan fingerprint density at radius 1 is 0.931 bits per heavy atom. The fourth-order valence-electron chi connectivity index (χ4n) is 2.47. The molecule has 0 heterocycles. The average molecular weight is 399 g/mol. The van der Waals surface area contributed by atoms with Crippen LogP contribution in [0.1, 0.15) is 31.1 Å². The van der Waals surface area contributed by atoms with E-state index in [1.807, 2.05) is 45.0 Å².